The van der Waals surface area contributed by atoms with Gasteiger partial charge in [-0.25, -0.2) is 4.98 Å². The predicted octanol–water partition coefficient (Wildman–Crippen LogP) is 5.73. The molecule has 0 atom stereocenters. The molecular formula is C27H30N2O3. The van der Waals surface area contributed by atoms with Crippen LogP contribution in [-0.4, -0.2) is 30.4 Å². The molecule has 32 heavy (non-hydrogen) atoms. The number of hydrogen-bond donors (Lipinski definition) is 0. The second kappa shape index (κ2) is 9.77. The summed E-state index contributed by atoms with van der Waals surface area (Å²) in [6.45, 7) is 5.69. The Hall–Kier alpha value is -3.47. The lowest BCUT2D eigenvalue weighted by Crippen LogP contribution is -2.09. The maximum Gasteiger partial charge on any atom is 0.161 e. The normalized spacial score (nSPS) is 11.0. The summed E-state index contributed by atoms with van der Waals surface area (Å²) < 4.78 is 19.2. The Morgan fingerprint density at radius 1 is 0.844 bits per heavy atom. The molecule has 0 spiro atoms. The molecule has 5 nitrogen and oxygen atoms in total. The zero-order chi connectivity index (χ0) is 22.5. The molecule has 0 saturated heterocycles. The molecule has 1 aromatic heterocycles. The minimum atomic E-state index is 0.659. The maximum absolute atomic E-state index is 6.05. The van der Waals surface area contributed by atoms with Crippen molar-refractivity contribution >= 4 is 11.0 Å². The van der Waals surface area contributed by atoms with E-state index in [2.05, 4.69) is 60.9 Å². The van der Waals surface area contributed by atoms with Crippen LogP contribution < -0.4 is 14.2 Å². The Bertz CT molecular complexity index is 1210. The van der Waals surface area contributed by atoms with Gasteiger partial charge in [-0.3, -0.25) is 0 Å². The lowest BCUT2D eigenvalue weighted by Gasteiger charge is -2.13. The van der Waals surface area contributed by atoms with E-state index < -0.39 is 0 Å². The fourth-order valence-electron chi connectivity index (χ4n) is 4.05. The van der Waals surface area contributed by atoms with Crippen molar-refractivity contribution in [3.8, 4) is 17.2 Å². The van der Waals surface area contributed by atoms with Crippen molar-refractivity contribution in [2.45, 2.75) is 33.2 Å². The average molecular weight is 431 g/mol. The monoisotopic (exact) mass is 430 g/mol. The second-order valence-corrected chi connectivity index (χ2v) is 8.01. The molecule has 0 unspecified atom stereocenters. The molecule has 0 fully saturated rings. The molecule has 3 aromatic carbocycles. The first-order chi connectivity index (χ1) is 15.6. The summed E-state index contributed by atoms with van der Waals surface area (Å²) in [6.07, 6.45) is 1.61. The molecule has 0 bridgehead atoms. The number of hydrogen-bond acceptors (Lipinski definition) is 4. The van der Waals surface area contributed by atoms with Crippen molar-refractivity contribution in [2.75, 3.05) is 20.8 Å². The van der Waals surface area contributed by atoms with E-state index in [9.17, 15) is 0 Å². The van der Waals surface area contributed by atoms with Gasteiger partial charge in [0.2, 0.25) is 0 Å². The van der Waals surface area contributed by atoms with Gasteiger partial charge in [0.15, 0.2) is 11.5 Å². The Kier molecular flexibility index (Phi) is 6.64. The van der Waals surface area contributed by atoms with Gasteiger partial charge in [0.05, 0.1) is 31.9 Å². The molecule has 0 aliphatic carbocycles. The van der Waals surface area contributed by atoms with Crippen molar-refractivity contribution in [1.29, 1.82) is 0 Å². The van der Waals surface area contributed by atoms with E-state index in [-0.39, 0.29) is 0 Å². The number of aryl methyl sites for hydroxylation is 3. The molecule has 4 aromatic rings. The summed E-state index contributed by atoms with van der Waals surface area (Å²) in [5.74, 6) is 3.45. The van der Waals surface area contributed by atoms with E-state index in [1.165, 1.54) is 11.1 Å². The lowest BCUT2D eigenvalue weighted by molar-refractivity contribution is 0.300. The lowest BCUT2D eigenvalue weighted by atomic mass is 10.1. The summed E-state index contributed by atoms with van der Waals surface area (Å²) in [4.78, 5) is 4.92. The molecule has 0 amide bonds. The highest BCUT2D eigenvalue weighted by Gasteiger charge is 2.13. The third-order valence-corrected chi connectivity index (χ3v) is 5.66. The number of benzene rings is 3. The summed E-state index contributed by atoms with van der Waals surface area (Å²) in [6, 6.07) is 20.6. The van der Waals surface area contributed by atoms with Crippen LogP contribution in [0.4, 0.5) is 0 Å². The van der Waals surface area contributed by atoms with E-state index in [1.54, 1.807) is 14.2 Å². The number of para-hydroxylation sites is 2. The maximum atomic E-state index is 6.05. The average Bonchev–Trinajstić information content (AvgIpc) is 3.14. The highest BCUT2D eigenvalue weighted by Crippen LogP contribution is 2.29. The largest absolute Gasteiger partial charge is 0.493 e. The van der Waals surface area contributed by atoms with Gasteiger partial charge < -0.3 is 18.8 Å². The highest BCUT2D eigenvalue weighted by molar-refractivity contribution is 5.76. The van der Waals surface area contributed by atoms with Crippen molar-refractivity contribution in [1.82, 2.24) is 9.55 Å². The number of methoxy groups -OCH3 is 2. The van der Waals surface area contributed by atoms with E-state index in [4.69, 9.17) is 19.2 Å². The number of nitrogens with zero attached hydrogens (tertiary/aromatic N) is 2. The van der Waals surface area contributed by atoms with Crippen LogP contribution in [-0.2, 0) is 13.0 Å². The van der Waals surface area contributed by atoms with Crippen molar-refractivity contribution in [3.05, 3.63) is 83.2 Å². The number of ether oxygens (including phenoxy) is 3. The van der Waals surface area contributed by atoms with E-state index in [0.29, 0.717) is 13.0 Å². The molecular weight excluding hydrogens is 400 g/mol. The Morgan fingerprint density at radius 2 is 1.62 bits per heavy atom. The van der Waals surface area contributed by atoms with Crippen LogP contribution in [0.2, 0.25) is 0 Å². The van der Waals surface area contributed by atoms with Crippen molar-refractivity contribution in [3.63, 3.8) is 0 Å². The topological polar surface area (TPSA) is 45.5 Å². The summed E-state index contributed by atoms with van der Waals surface area (Å²) in [5, 5.41) is 0. The molecule has 0 aliphatic heterocycles. The Balaban J connectivity index is 1.51. The Morgan fingerprint density at radius 3 is 2.41 bits per heavy atom. The SMILES string of the molecule is COc1ccc(Cc2nc3ccccc3n2CCCOc2ccc(C)cc2C)cc1OC. The van der Waals surface area contributed by atoms with Crippen LogP contribution in [0, 0.1) is 13.8 Å². The molecule has 0 radical (unpaired) electrons. The summed E-state index contributed by atoms with van der Waals surface area (Å²) in [7, 11) is 3.31. The van der Waals surface area contributed by atoms with Gasteiger partial charge in [-0.1, -0.05) is 35.9 Å². The van der Waals surface area contributed by atoms with Crippen LogP contribution in [0.1, 0.15) is 28.9 Å². The van der Waals surface area contributed by atoms with Crippen LogP contribution in [0.15, 0.2) is 60.7 Å². The molecule has 1 heterocycles. The highest BCUT2D eigenvalue weighted by atomic mass is 16.5. The van der Waals surface area contributed by atoms with Gasteiger partial charge in [-0.15, -0.1) is 0 Å². The number of aromatic nitrogens is 2. The minimum Gasteiger partial charge on any atom is -0.493 e. The first-order valence-corrected chi connectivity index (χ1v) is 10.9. The first-order valence-electron chi connectivity index (χ1n) is 10.9. The smallest absolute Gasteiger partial charge is 0.161 e. The number of fused-ring (bicyclic) bond motifs is 1. The predicted molar refractivity (Wildman–Crippen MR) is 128 cm³/mol. The van der Waals surface area contributed by atoms with Gasteiger partial charge in [0, 0.05) is 13.0 Å². The van der Waals surface area contributed by atoms with Gasteiger partial charge in [0.1, 0.15) is 11.6 Å². The zero-order valence-corrected chi connectivity index (χ0v) is 19.2. The third kappa shape index (κ3) is 4.72. The van der Waals surface area contributed by atoms with Crippen LogP contribution in [0.5, 0.6) is 17.2 Å². The first kappa shape index (κ1) is 21.8. The van der Waals surface area contributed by atoms with Gasteiger partial charge in [-0.2, -0.15) is 0 Å². The van der Waals surface area contributed by atoms with E-state index >= 15 is 0 Å². The summed E-state index contributed by atoms with van der Waals surface area (Å²) >= 11 is 0. The van der Waals surface area contributed by atoms with Gasteiger partial charge in [-0.05, 0) is 61.7 Å². The summed E-state index contributed by atoms with van der Waals surface area (Å²) in [5.41, 5.74) is 5.71. The van der Waals surface area contributed by atoms with Gasteiger partial charge >= 0.3 is 0 Å². The van der Waals surface area contributed by atoms with Crippen LogP contribution >= 0.6 is 0 Å². The van der Waals surface area contributed by atoms with Crippen molar-refractivity contribution < 1.29 is 14.2 Å². The fraction of sp³-hybridized carbons (Fsp3) is 0.296. The minimum absolute atomic E-state index is 0.659. The second-order valence-electron chi connectivity index (χ2n) is 8.01. The third-order valence-electron chi connectivity index (χ3n) is 5.66. The standard InChI is InChI=1S/C27H30N2O3/c1-19-10-12-24(20(2)16-19)32-15-7-14-29-23-9-6-5-8-22(23)28-27(29)18-21-11-13-25(30-3)26(17-21)31-4/h5-6,8-13,16-17H,7,14-15,18H2,1-4H3. The van der Waals surface area contributed by atoms with E-state index in [1.807, 2.05) is 18.2 Å². The van der Waals surface area contributed by atoms with Crippen LogP contribution in [0.25, 0.3) is 11.0 Å². The zero-order valence-electron chi connectivity index (χ0n) is 19.2. The number of rotatable bonds is 9. The quantitative estimate of drug-likeness (QED) is 0.318. The van der Waals surface area contributed by atoms with Crippen LogP contribution in [0.3, 0.4) is 0 Å². The fourth-order valence-corrected chi connectivity index (χ4v) is 4.05. The molecule has 4 rings (SSSR count). The Labute approximate surface area is 189 Å². The molecule has 0 N–H and O–H groups in total. The number of imidazole rings is 1. The molecule has 5 heteroatoms. The van der Waals surface area contributed by atoms with Crippen molar-refractivity contribution in [2.24, 2.45) is 0 Å². The molecule has 0 saturated carbocycles. The van der Waals surface area contributed by atoms with E-state index in [0.717, 1.165) is 52.6 Å². The van der Waals surface area contributed by atoms with Gasteiger partial charge in [0.25, 0.3) is 0 Å². The molecule has 0 aliphatic rings. The molecule has 166 valence electrons.